The predicted molar refractivity (Wildman–Crippen MR) is 78.1 cm³/mol. The number of aryl methyl sites for hydroxylation is 1. The Morgan fingerprint density at radius 2 is 1.94 bits per heavy atom. The summed E-state index contributed by atoms with van der Waals surface area (Å²) in [7, 11) is 1.96. The normalized spacial score (nSPS) is 11.6. The van der Waals surface area contributed by atoms with Crippen LogP contribution in [0.15, 0.2) is 18.2 Å². The van der Waals surface area contributed by atoms with Crippen molar-refractivity contribution in [1.29, 1.82) is 0 Å². The SMILES string of the molecule is CNCc1cc(C)ccc1OCCCC(C)(C)C. The third-order valence-electron chi connectivity index (χ3n) is 2.91. The van der Waals surface area contributed by atoms with Gasteiger partial charge in [0.1, 0.15) is 5.75 Å². The van der Waals surface area contributed by atoms with Crippen molar-refractivity contribution in [2.24, 2.45) is 5.41 Å². The molecule has 0 bridgehead atoms. The molecule has 0 spiro atoms. The molecule has 0 aliphatic heterocycles. The average Bonchev–Trinajstić information content (AvgIpc) is 2.26. The molecule has 0 atom stereocenters. The molecule has 0 amide bonds. The first kappa shape index (κ1) is 15.0. The zero-order chi connectivity index (χ0) is 13.6. The zero-order valence-electron chi connectivity index (χ0n) is 12.5. The highest BCUT2D eigenvalue weighted by molar-refractivity contribution is 5.36. The number of hydrogen-bond donors (Lipinski definition) is 1. The number of nitrogens with one attached hydrogen (secondary N) is 1. The molecule has 0 saturated carbocycles. The van der Waals surface area contributed by atoms with Gasteiger partial charge < -0.3 is 10.1 Å². The van der Waals surface area contributed by atoms with Gasteiger partial charge in [0.15, 0.2) is 0 Å². The maximum Gasteiger partial charge on any atom is 0.123 e. The Kier molecular flexibility index (Phi) is 5.67. The molecule has 2 nitrogen and oxygen atoms in total. The smallest absolute Gasteiger partial charge is 0.123 e. The lowest BCUT2D eigenvalue weighted by Gasteiger charge is -2.18. The van der Waals surface area contributed by atoms with E-state index >= 15 is 0 Å². The molecule has 1 aromatic rings. The van der Waals surface area contributed by atoms with Crippen LogP contribution in [0.5, 0.6) is 5.75 Å². The van der Waals surface area contributed by atoms with Crippen molar-refractivity contribution in [3.8, 4) is 5.75 Å². The van der Waals surface area contributed by atoms with Crippen molar-refractivity contribution in [2.75, 3.05) is 13.7 Å². The van der Waals surface area contributed by atoms with Crippen LogP contribution < -0.4 is 10.1 Å². The largest absolute Gasteiger partial charge is 0.493 e. The van der Waals surface area contributed by atoms with Gasteiger partial charge in [-0.3, -0.25) is 0 Å². The molecule has 0 aliphatic carbocycles. The van der Waals surface area contributed by atoms with Gasteiger partial charge in [-0.05, 0) is 38.3 Å². The minimum absolute atomic E-state index is 0.393. The first-order valence-electron chi connectivity index (χ1n) is 6.79. The molecule has 1 aromatic carbocycles. The van der Waals surface area contributed by atoms with E-state index in [-0.39, 0.29) is 0 Å². The lowest BCUT2D eigenvalue weighted by molar-refractivity contribution is 0.267. The number of hydrogen-bond acceptors (Lipinski definition) is 2. The maximum atomic E-state index is 5.90. The van der Waals surface area contributed by atoms with E-state index in [2.05, 4.69) is 51.2 Å². The zero-order valence-corrected chi connectivity index (χ0v) is 12.5. The molecular weight excluding hydrogens is 222 g/mol. The third-order valence-corrected chi connectivity index (χ3v) is 2.91. The maximum absolute atomic E-state index is 5.90. The molecule has 0 heterocycles. The Bertz CT molecular complexity index is 366. The molecule has 0 radical (unpaired) electrons. The molecule has 0 aromatic heterocycles. The van der Waals surface area contributed by atoms with Crippen LogP contribution in [0.2, 0.25) is 0 Å². The second-order valence-corrected chi connectivity index (χ2v) is 6.15. The van der Waals surface area contributed by atoms with Crippen LogP contribution in [0.3, 0.4) is 0 Å². The van der Waals surface area contributed by atoms with Crippen molar-refractivity contribution in [1.82, 2.24) is 5.32 Å². The lowest BCUT2D eigenvalue weighted by Crippen LogP contribution is -2.10. The monoisotopic (exact) mass is 249 g/mol. The molecule has 102 valence electrons. The number of benzene rings is 1. The van der Waals surface area contributed by atoms with Gasteiger partial charge in [0, 0.05) is 12.1 Å². The topological polar surface area (TPSA) is 21.3 Å². The van der Waals surface area contributed by atoms with Gasteiger partial charge >= 0.3 is 0 Å². The predicted octanol–water partition coefficient (Wildman–Crippen LogP) is 3.92. The summed E-state index contributed by atoms with van der Waals surface area (Å²) < 4.78 is 5.90. The van der Waals surface area contributed by atoms with Crippen molar-refractivity contribution >= 4 is 0 Å². The van der Waals surface area contributed by atoms with Crippen molar-refractivity contribution in [3.63, 3.8) is 0 Å². The van der Waals surface area contributed by atoms with Crippen molar-refractivity contribution in [3.05, 3.63) is 29.3 Å². The van der Waals surface area contributed by atoms with E-state index in [1.54, 1.807) is 0 Å². The third kappa shape index (κ3) is 5.54. The minimum atomic E-state index is 0.393. The van der Waals surface area contributed by atoms with E-state index < -0.39 is 0 Å². The average molecular weight is 249 g/mol. The van der Waals surface area contributed by atoms with Gasteiger partial charge in [0.05, 0.1) is 6.61 Å². The first-order valence-corrected chi connectivity index (χ1v) is 6.79. The molecular formula is C16H27NO. The van der Waals surface area contributed by atoms with Crippen molar-refractivity contribution in [2.45, 2.75) is 47.1 Å². The van der Waals surface area contributed by atoms with Crippen molar-refractivity contribution < 1.29 is 4.74 Å². The second-order valence-electron chi connectivity index (χ2n) is 6.15. The van der Waals surface area contributed by atoms with Gasteiger partial charge in [-0.1, -0.05) is 38.5 Å². The van der Waals surface area contributed by atoms with Crippen LogP contribution in [-0.4, -0.2) is 13.7 Å². The van der Waals surface area contributed by atoms with Gasteiger partial charge in [0.2, 0.25) is 0 Å². The molecule has 18 heavy (non-hydrogen) atoms. The quantitative estimate of drug-likeness (QED) is 0.772. The summed E-state index contributed by atoms with van der Waals surface area (Å²) in [5.74, 6) is 1.02. The molecule has 0 fully saturated rings. The van der Waals surface area contributed by atoms with Gasteiger partial charge in [-0.2, -0.15) is 0 Å². The highest BCUT2D eigenvalue weighted by Gasteiger charge is 2.10. The number of rotatable bonds is 6. The Morgan fingerprint density at radius 1 is 1.22 bits per heavy atom. The first-order chi connectivity index (χ1) is 8.42. The van der Waals surface area contributed by atoms with Gasteiger partial charge in [0.25, 0.3) is 0 Å². The van der Waals surface area contributed by atoms with Crippen LogP contribution in [-0.2, 0) is 6.54 Å². The summed E-state index contributed by atoms with van der Waals surface area (Å²) in [5.41, 5.74) is 2.92. The standard InChI is InChI=1S/C16H27NO/c1-13-7-8-15(14(11-13)12-17-5)18-10-6-9-16(2,3)4/h7-8,11,17H,6,9-10,12H2,1-5H3. The fourth-order valence-corrected chi connectivity index (χ4v) is 1.96. The molecule has 0 saturated heterocycles. The van der Waals surface area contributed by atoms with Crippen LogP contribution in [0.25, 0.3) is 0 Å². The lowest BCUT2D eigenvalue weighted by atomic mass is 9.91. The van der Waals surface area contributed by atoms with Crippen LogP contribution in [0, 0.1) is 12.3 Å². The fourth-order valence-electron chi connectivity index (χ4n) is 1.96. The molecule has 0 unspecified atom stereocenters. The van der Waals surface area contributed by atoms with Gasteiger partial charge in [-0.25, -0.2) is 0 Å². The van der Waals surface area contributed by atoms with Crippen LogP contribution in [0.1, 0.15) is 44.7 Å². The highest BCUT2D eigenvalue weighted by Crippen LogP contribution is 2.23. The van der Waals surface area contributed by atoms with Crippen LogP contribution in [0.4, 0.5) is 0 Å². The highest BCUT2D eigenvalue weighted by atomic mass is 16.5. The van der Waals surface area contributed by atoms with E-state index in [0.717, 1.165) is 25.3 Å². The van der Waals surface area contributed by atoms with Gasteiger partial charge in [-0.15, -0.1) is 0 Å². The van der Waals surface area contributed by atoms with E-state index in [0.29, 0.717) is 5.41 Å². The van der Waals surface area contributed by atoms with Crippen LogP contribution >= 0.6 is 0 Å². The molecule has 0 aliphatic rings. The summed E-state index contributed by atoms with van der Waals surface area (Å²) in [6.45, 7) is 10.6. The summed E-state index contributed by atoms with van der Waals surface area (Å²) in [6.07, 6.45) is 2.30. The summed E-state index contributed by atoms with van der Waals surface area (Å²) in [5, 5.41) is 3.19. The molecule has 1 rings (SSSR count). The fraction of sp³-hybridized carbons (Fsp3) is 0.625. The second kappa shape index (κ2) is 6.79. The summed E-state index contributed by atoms with van der Waals surface area (Å²) >= 11 is 0. The Labute approximate surface area is 112 Å². The number of ether oxygens (including phenoxy) is 1. The Hall–Kier alpha value is -1.02. The van der Waals surface area contributed by atoms with E-state index in [1.807, 2.05) is 7.05 Å². The Balaban J connectivity index is 2.51. The van der Waals surface area contributed by atoms with E-state index in [9.17, 15) is 0 Å². The van der Waals surface area contributed by atoms with E-state index in [1.165, 1.54) is 17.5 Å². The molecule has 1 N–H and O–H groups in total. The summed E-state index contributed by atoms with van der Waals surface area (Å²) in [4.78, 5) is 0. The molecule has 2 heteroatoms. The van der Waals surface area contributed by atoms with E-state index in [4.69, 9.17) is 4.74 Å². The minimum Gasteiger partial charge on any atom is -0.493 e. The summed E-state index contributed by atoms with van der Waals surface area (Å²) in [6, 6.07) is 6.38. The Morgan fingerprint density at radius 3 is 2.56 bits per heavy atom.